The molecule has 0 radical (unpaired) electrons. The normalized spacial score (nSPS) is 13.2. The Morgan fingerprint density at radius 1 is 0.377 bits per heavy atom. The zero-order chi connectivity index (χ0) is 34.9. The lowest BCUT2D eigenvalue weighted by Gasteiger charge is -2.41. The second-order valence-electron chi connectivity index (χ2n) is 14.1. The number of fused-ring (bicyclic) bond motifs is 8. The fourth-order valence-corrected chi connectivity index (χ4v) is 8.94. The summed E-state index contributed by atoms with van der Waals surface area (Å²) in [6.07, 6.45) is 0. The summed E-state index contributed by atoms with van der Waals surface area (Å²) in [5.74, 6) is 1.76. The molecule has 0 fully saturated rings. The van der Waals surface area contributed by atoms with Gasteiger partial charge in [-0.1, -0.05) is 152 Å². The molecule has 2 nitrogen and oxygen atoms in total. The highest BCUT2D eigenvalue weighted by atomic mass is 16.5. The Kier molecular flexibility index (Phi) is 6.50. The van der Waals surface area contributed by atoms with Crippen molar-refractivity contribution in [3.63, 3.8) is 0 Å². The molecule has 0 amide bonds. The molecule has 53 heavy (non-hydrogen) atoms. The van der Waals surface area contributed by atoms with Crippen molar-refractivity contribution in [1.29, 1.82) is 0 Å². The number of para-hydroxylation sites is 1. The molecule has 11 rings (SSSR count). The van der Waals surface area contributed by atoms with Crippen LogP contribution in [0.2, 0.25) is 0 Å². The molecule has 248 valence electrons. The van der Waals surface area contributed by atoms with Gasteiger partial charge in [-0.3, -0.25) is 0 Å². The summed E-state index contributed by atoms with van der Waals surface area (Å²) < 4.78 is 9.11. The molecular weight excluding hydrogens is 643 g/mol. The van der Waals surface area contributed by atoms with Gasteiger partial charge in [0.2, 0.25) is 0 Å². The van der Waals surface area contributed by atoms with Crippen molar-refractivity contribution in [1.82, 2.24) is 4.57 Å². The van der Waals surface area contributed by atoms with Crippen LogP contribution in [0.5, 0.6) is 11.5 Å². The van der Waals surface area contributed by atoms with Crippen LogP contribution in [0.1, 0.15) is 22.3 Å². The molecular formula is C51H33NO. The van der Waals surface area contributed by atoms with E-state index in [0.717, 1.165) is 39.4 Å². The summed E-state index contributed by atoms with van der Waals surface area (Å²) in [6, 6.07) is 72.6. The molecule has 2 heterocycles. The van der Waals surface area contributed by atoms with Crippen LogP contribution in [-0.2, 0) is 5.41 Å². The molecule has 0 aliphatic carbocycles. The van der Waals surface area contributed by atoms with Gasteiger partial charge in [-0.2, -0.15) is 0 Å². The summed E-state index contributed by atoms with van der Waals surface area (Å²) in [5.41, 5.74) is 10.00. The quantitative estimate of drug-likeness (QED) is 0.181. The second-order valence-corrected chi connectivity index (χ2v) is 14.1. The summed E-state index contributed by atoms with van der Waals surface area (Å²) in [5, 5.41) is 7.59. The van der Waals surface area contributed by atoms with E-state index in [4.69, 9.17) is 4.74 Å². The lowest BCUT2D eigenvalue weighted by atomic mass is 9.63. The first kappa shape index (κ1) is 29.8. The Balaban J connectivity index is 1.10. The van der Waals surface area contributed by atoms with Gasteiger partial charge in [-0.05, 0) is 92.3 Å². The maximum Gasteiger partial charge on any atom is 0.132 e. The van der Waals surface area contributed by atoms with Crippen molar-refractivity contribution in [2.75, 3.05) is 0 Å². The molecule has 0 unspecified atom stereocenters. The number of nitrogens with zero attached hydrogens (tertiary/aromatic N) is 1. The van der Waals surface area contributed by atoms with Crippen LogP contribution >= 0.6 is 0 Å². The monoisotopic (exact) mass is 675 g/mol. The Morgan fingerprint density at radius 3 is 1.74 bits per heavy atom. The topological polar surface area (TPSA) is 14.2 Å². The third-order valence-electron chi connectivity index (χ3n) is 11.3. The van der Waals surface area contributed by atoms with E-state index in [2.05, 4.69) is 205 Å². The maximum absolute atomic E-state index is 6.67. The van der Waals surface area contributed by atoms with Gasteiger partial charge in [0.25, 0.3) is 0 Å². The van der Waals surface area contributed by atoms with Gasteiger partial charge >= 0.3 is 0 Å². The summed E-state index contributed by atoms with van der Waals surface area (Å²) >= 11 is 0. The highest BCUT2D eigenvalue weighted by molar-refractivity contribution is 6.23. The fraction of sp³-hybridized carbons (Fsp3) is 0.0196. The number of rotatable bonds is 4. The number of benzene rings is 9. The van der Waals surface area contributed by atoms with Gasteiger partial charge in [0, 0.05) is 27.6 Å². The van der Waals surface area contributed by atoms with E-state index in [0.29, 0.717) is 0 Å². The summed E-state index contributed by atoms with van der Waals surface area (Å²) in [4.78, 5) is 0. The highest BCUT2D eigenvalue weighted by Gasteiger charge is 2.45. The second kappa shape index (κ2) is 11.6. The van der Waals surface area contributed by atoms with Crippen LogP contribution in [-0.4, -0.2) is 4.57 Å². The van der Waals surface area contributed by atoms with E-state index >= 15 is 0 Å². The standard InChI is InChI=1S/C51H33NO/c1-3-16-39(17-4-1)51(40-18-5-2-6-19-40)44-21-11-12-22-48(44)53-49-30-26-38(32-45(49)51)34-23-27-41(28-24-34)52-46-29-25-35-13-9-10-20-42(35)50(46)43-31-36-14-7-8-15-37(36)33-47(43)52/h1-33H. The maximum atomic E-state index is 6.67. The Hall–Kier alpha value is -6.90. The minimum Gasteiger partial charge on any atom is -0.457 e. The Bertz CT molecular complexity index is 2970. The van der Waals surface area contributed by atoms with Crippen LogP contribution in [0.25, 0.3) is 60.2 Å². The molecule has 0 bridgehead atoms. The van der Waals surface area contributed by atoms with Crippen molar-refractivity contribution in [3.8, 4) is 28.3 Å². The van der Waals surface area contributed by atoms with E-state index < -0.39 is 5.41 Å². The Labute approximate surface area is 307 Å². The zero-order valence-electron chi connectivity index (χ0n) is 28.9. The molecule has 1 aromatic heterocycles. The van der Waals surface area contributed by atoms with Crippen molar-refractivity contribution in [2.45, 2.75) is 5.41 Å². The molecule has 10 aromatic rings. The van der Waals surface area contributed by atoms with Gasteiger partial charge in [0.05, 0.1) is 16.4 Å². The molecule has 0 spiro atoms. The molecule has 9 aromatic carbocycles. The SMILES string of the molecule is c1ccc(C2(c3ccccc3)c3ccccc3Oc3ccc(-c4ccc(-n5c6cc7ccccc7cc6c6c7ccccc7ccc65)cc4)cc32)cc1. The first-order valence-electron chi connectivity index (χ1n) is 18.3. The number of aromatic nitrogens is 1. The third-order valence-corrected chi connectivity index (χ3v) is 11.3. The number of hydrogen-bond acceptors (Lipinski definition) is 1. The van der Waals surface area contributed by atoms with Gasteiger partial charge in [-0.25, -0.2) is 0 Å². The average molecular weight is 676 g/mol. The first-order chi connectivity index (χ1) is 26.3. The minimum atomic E-state index is -0.558. The molecule has 0 saturated heterocycles. The molecule has 0 atom stereocenters. The Morgan fingerprint density at radius 2 is 0.981 bits per heavy atom. The van der Waals surface area contributed by atoms with Crippen LogP contribution in [0.15, 0.2) is 200 Å². The van der Waals surface area contributed by atoms with Gasteiger partial charge in [-0.15, -0.1) is 0 Å². The van der Waals surface area contributed by atoms with Gasteiger partial charge in [0.15, 0.2) is 0 Å². The fourth-order valence-electron chi connectivity index (χ4n) is 8.94. The summed E-state index contributed by atoms with van der Waals surface area (Å²) in [6.45, 7) is 0. The predicted octanol–water partition coefficient (Wildman–Crippen LogP) is 13.2. The van der Waals surface area contributed by atoms with Crippen molar-refractivity contribution >= 4 is 43.4 Å². The van der Waals surface area contributed by atoms with E-state index in [1.807, 2.05) is 0 Å². The zero-order valence-corrected chi connectivity index (χ0v) is 28.9. The van der Waals surface area contributed by atoms with Crippen LogP contribution in [0.3, 0.4) is 0 Å². The van der Waals surface area contributed by atoms with Crippen LogP contribution in [0, 0.1) is 0 Å². The first-order valence-corrected chi connectivity index (χ1v) is 18.3. The molecule has 0 N–H and O–H groups in total. The molecule has 0 saturated carbocycles. The lowest BCUT2D eigenvalue weighted by molar-refractivity contribution is 0.434. The van der Waals surface area contributed by atoms with E-state index in [1.54, 1.807) is 0 Å². The smallest absolute Gasteiger partial charge is 0.132 e. The van der Waals surface area contributed by atoms with Crippen LogP contribution in [0.4, 0.5) is 0 Å². The minimum absolute atomic E-state index is 0.558. The molecule has 1 aliphatic heterocycles. The number of ether oxygens (including phenoxy) is 1. The third kappa shape index (κ3) is 4.39. The van der Waals surface area contributed by atoms with E-state index in [9.17, 15) is 0 Å². The van der Waals surface area contributed by atoms with E-state index in [1.165, 1.54) is 54.5 Å². The number of hydrogen-bond donors (Lipinski definition) is 0. The van der Waals surface area contributed by atoms with Gasteiger partial charge < -0.3 is 9.30 Å². The largest absolute Gasteiger partial charge is 0.457 e. The predicted molar refractivity (Wildman–Crippen MR) is 220 cm³/mol. The van der Waals surface area contributed by atoms with E-state index in [-0.39, 0.29) is 0 Å². The van der Waals surface area contributed by atoms with Crippen molar-refractivity contribution in [2.24, 2.45) is 0 Å². The van der Waals surface area contributed by atoms with Gasteiger partial charge in [0.1, 0.15) is 11.5 Å². The highest BCUT2D eigenvalue weighted by Crippen LogP contribution is 2.55. The van der Waals surface area contributed by atoms with Crippen molar-refractivity contribution < 1.29 is 4.74 Å². The molecule has 1 aliphatic rings. The summed E-state index contributed by atoms with van der Waals surface area (Å²) in [7, 11) is 0. The van der Waals surface area contributed by atoms with Crippen LogP contribution < -0.4 is 4.74 Å². The van der Waals surface area contributed by atoms with Crippen molar-refractivity contribution in [3.05, 3.63) is 222 Å². The molecule has 2 heteroatoms. The average Bonchev–Trinajstić information content (AvgIpc) is 3.56. The lowest BCUT2D eigenvalue weighted by Crippen LogP contribution is -2.34.